The molecule has 1 saturated heterocycles. The van der Waals surface area contributed by atoms with Crippen LogP contribution in [-0.2, 0) is 11.2 Å². The van der Waals surface area contributed by atoms with Crippen molar-refractivity contribution in [3.8, 4) is 0 Å². The first-order valence-electron chi connectivity index (χ1n) is 7.30. The minimum absolute atomic E-state index is 0.493. The van der Waals surface area contributed by atoms with Gasteiger partial charge in [-0.3, -0.25) is 4.98 Å². The van der Waals surface area contributed by atoms with Gasteiger partial charge in [-0.25, -0.2) is 0 Å². The normalized spacial score (nSPS) is 19.6. The molecule has 1 aliphatic heterocycles. The average Bonchev–Trinajstić information content (AvgIpc) is 2.89. The van der Waals surface area contributed by atoms with Crippen LogP contribution >= 0.6 is 0 Å². The Hall–Kier alpha value is -0.930. The van der Waals surface area contributed by atoms with Crippen LogP contribution < -0.4 is 0 Å². The number of nitrogens with zero attached hydrogens (tertiary/aromatic N) is 2. The first-order chi connectivity index (χ1) is 9.08. The highest BCUT2D eigenvalue weighted by Gasteiger charge is 2.21. The Morgan fingerprint density at radius 1 is 1.37 bits per heavy atom. The number of hydrogen-bond donors (Lipinski definition) is 0. The molecule has 1 aliphatic rings. The van der Waals surface area contributed by atoms with E-state index < -0.39 is 0 Å². The number of rotatable bonds is 5. The van der Waals surface area contributed by atoms with Crippen molar-refractivity contribution in [3.05, 3.63) is 29.1 Å². The molecule has 0 saturated carbocycles. The highest BCUT2D eigenvalue weighted by Crippen LogP contribution is 2.28. The highest BCUT2D eigenvalue weighted by molar-refractivity contribution is 5.29. The molecular weight excluding hydrogens is 236 g/mol. The first kappa shape index (κ1) is 14.5. The van der Waals surface area contributed by atoms with Crippen LogP contribution in [0.25, 0.3) is 0 Å². The summed E-state index contributed by atoms with van der Waals surface area (Å²) in [6.45, 7) is 7.21. The van der Waals surface area contributed by atoms with Crippen molar-refractivity contribution < 1.29 is 4.74 Å². The number of pyridine rings is 1. The van der Waals surface area contributed by atoms with E-state index in [4.69, 9.17) is 9.72 Å². The lowest BCUT2D eigenvalue weighted by atomic mass is 9.94. The van der Waals surface area contributed by atoms with Gasteiger partial charge in [0.15, 0.2) is 0 Å². The molecular formula is C16H26N2O. The minimum Gasteiger partial charge on any atom is -0.381 e. The van der Waals surface area contributed by atoms with Gasteiger partial charge in [0.05, 0.1) is 6.61 Å². The van der Waals surface area contributed by atoms with Gasteiger partial charge in [-0.05, 0) is 38.1 Å². The predicted octanol–water partition coefficient (Wildman–Crippen LogP) is 2.81. The lowest BCUT2D eigenvalue weighted by Gasteiger charge is -2.17. The topological polar surface area (TPSA) is 25.4 Å². The van der Waals surface area contributed by atoms with Gasteiger partial charge in [0.2, 0.25) is 0 Å². The predicted molar refractivity (Wildman–Crippen MR) is 78.8 cm³/mol. The van der Waals surface area contributed by atoms with Crippen molar-refractivity contribution in [1.82, 2.24) is 9.88 Å². The van der Waals surface area contributed by atoms with Gasteiger partial charge in [-0.1, -0.05) is 19.9 Å². The Kier molecular flexibility index (Phi) is 4.94. The molecule has 2 rings (SSSR count). The largest absolute Gasteiger partial charge is 0.381 e. The van der Waals surface area contributed by atoms with Crippen molar-refractivity contribution in [2.75, 3.05) is 33.9 Å². The molecule has 106 valence electrons. The summed E-state index contributed by atoms with van der Waals surface area (Å²) in [5.74, 6) is 1.04. The third-order valence-electron chi connectivity index (χ3n) is 3.79. The van der Waals surface area contributed by atoms with E-state index in [2.05, 4.69) is 45.0 Å². The number of hydrogen-bond acceptors (Lipinski definition) is 3. The molecule has 1 aromatic heterocycles. The van der Waals surface area contributed by atoms with Crippen LogP contribution in [0.1, 0.15) is 49.1 Å². The lowest BCUT2D eigenvalue weighted by molar-refractivity contribution is 0.193. The zero-order valence-electron chi connectivity index (χ0n) is 12.6. The molecule has 19 heavy (non-hydrogen) atoms. The maximum atomic E-state index is 5.53. The summed E-state index contributed by atoms with van der Waals surface area (Å²) in [4.78, 5) is 7.13. The molecule has 0 N–H and O–H groups in total. The van der Waals surface area contributed by atoms with Crippen molar-refractivity contribution in [2.24, 2.45) is 0 Å². The van der Waals surface area contributed by atoms with E-state index in [0.29, 0.717) is 11.8 Å². The van der Waals surface area contributed by atoms with Crippen molar-refractivity contribution in [3.63, 3.8) is 0 Å². The van der Waals surface area contributed by atoms with Crippen LogP contribution in [-0.4, -0.2) is 43.7 Å². The molecule has 1 aromatic rings. The molecule has 2 heterocycles. The second-order valence-corrected chi connectivity index (χ2v) is 6.04. The van der Waals surface area contributed by atoms with Gasteiger partial charge in [-0.15, -0.1) is 0 Å². The quantitative estimate of drug-likeness (QED) is 0.816. The smallest absolute Gasteiger partial charge is 0.0536 e. The van der Waals surface area contributed by atoms with Crippen LogP contribution in [0.15, 0.2) is 12.1 Å². The fourth-order valence-corrected chi connectivity index (χ4v) is 2.53. The van der Waals surface area contributed by atoms with E-state index in [-0.39, 0.29) is 0 Å². The zero-order chi connectivity index (χ0) is 13.8. The van der Waals surface area contributed by atoms with Crippen molar-refractivity contribution >= 4 is 0 Å². The fourth-order valence-electron chi connectivity index (χ4n) is 2.53. The van der Waals surface area contributed by atoms with E-state index in [1.54, 1.807) is 0 Å². The van der Waals surface area contributed by atoms with Crippen molar-refractivity contribution in [2.45, 2.75) is 38.5 Å². The van der Waals surface area contributed by atoms with Gasteiger partial charge in [0, 0.05) is 36.9 Å². The summed E-state index contributed by atoms with van der Waals surface area (Å²) in [6, 6.07) is 4.48. The third-order valence-corrected chi connectivity index (χ3v) is 3.79. The molecule has 0 radical (unpaired) electrons. The number of ether oxygens (including phenoxy) is 1. The maximum absolute atomic E-state index is 5.53. The molecule has 0 amide bonds. The number of likely N-dealkylation sites (N-methyl/N-ethyl adjacent to an activating group) is 1. The summed E-state index contributed by atoms with van der Waals surface area (Å²) in [6.07, 6.45) is 2.16. The zero-order valence-corrected chi connectivity index (χ0v) is 12.6. The average molecular weight is 262 g/mol. The van der Waals surface area contributed by atoms with Gasteiger partial charge in [-0.2, -0.15) is 0 Å². The molecule has 0 aromatic carbocycles. The van der Waals surface area contributed by atoms with E-state index in [1.807, 2.05) is 0 Å². The fraction of sp³-hybridized carbons (Fsp3) is 0.688. The van der Waals surface area contributed by atoms with Gasteiger partial charge >= 0.3 is 0 Å². The molecule has 3 nitrogen and oxygen atoms in total. The molecule has 0 spiro atoms. The second-order valence-electron chi connectivity index (χ2n) is 6.04. The van der Waals surface area contributed by atoms with Gasteiger partial charge in [0.1, 0.15) is 0 Å². The monoisotopic (exact) mass is 262 g/mol. The maximum Gasteiger partial charge on any atom is 0.0536 e. The molecule has 3 heteroatoms. The summed E-state index contributed by atoms with van der Waals surface area (Å²) in [5.41, 5.74) is 3.88. The SMILES string of the molecule is CC(C)c1ccc(C2CCOC2)c(CCN(C)C)n1. The lowest BCUT2D eigenvalue weighted by Crippen LogP contribution is -2.18. The van der Waals surface area contributed by atoms with Crippen LogP contribution in [0.4, 0.5) is 0 Å². The Morgan fingerprint density at radius 3 is 2.74 bits per heavy atom. The second kappa shape index (κ2) is 6.49. The van der Waals surface area contributed by atoms with Crippen molar-refractivity contribution in [1.29, 1.82) is 0 Å². The van der Waals surface area contributed by atoms with Crippen LogP contribution in [0, 0.1) is 0 Å². The Balaban J connectivity index is 2.24. The molecule has 0 bridgehead atoms. The Morgan fingerprint density at radius 2 is 2.16 bits per heavy atom. The van der Waals surface area contributed by atoms with E-state index in [0.717, 1.165) is 32.6 Å². The van der Waals surface area contributed by atoms with Gasteiger partial charge < -0.3 is 9.64 Å². The van der Waals surface area contributed by atoms with Crippen LogP contribution in [0.3, 0.4) is 0 Å². The Labute approximate surface area is 117 Å². The van der Waals surface area contributed by atoms with E-state index >= 15 is 0 Å². The van der Waals surface area contributed by atoms with Crippen LogP contribution in [0.5, 0.6) is 0 Å². The Bertz CT molecular complexity index is 409. The molecule has 1 atom stereocenters. The summed E-state index contributed by atoms with van der Waals surface area (Å²) >= 11 is 0. The molecule has 0 aliphatic carbocycles. The summed E-state index contributed by atoms with van der Waals surface area (Å²) in [5, 5.41) is 0. The summed E-state index contributed by atoms with van der Waals surface area (Å²) < 4.78 is 5.53. The first-order valence-corrected chi connectivity index (χ1v) is 7.30. The minimum atomic E-state index is 0.493. The highest BCUT2D eigenvalue weighted by atomic mass is 16.5. The number of aromatic nitrogens is 1. The van der Waals surface area contributed by atoms with Gasteiger partial charge in [0.25, 0.3) is 0 Å². The summed E-state index contributed by atoms with van der Waals surface area (Å²) in [7, 11) is 4.23. The standard InChI is InChI=1S/C16H26N2O/c1-12(2)15-6-5-14(13-8-10-19-11-13)16(17-15)7-9-18(3)4/h5-6,12-13H,7-11H2,1-4H3. The third kappa shape index (κ3) is 3.77. The van der Waals surface area contributed by atoms with Crippen LogP contribution in [0.2, 0.25) is 0 Å². The van der Waals surface area contributed by atoms with E-state index in [1.165, 1.54) is 17.0 Å². The molecule has 1 fully saturated rings. The molecule has 1 unspecified atom stereocenters. The van der Waals surface area contributed by atoms with E-state index in [9.17, 15) is 0 Å².